The van der Waals surface area contributed by atoms with Crippen molar-refractivity contribution in [3.63, 3.8) is 0 Å². The summed E-state index contributed by atoms with van der Waals surface area (Å²) in [7, 11) is 0. The molecule has 2 aromatic rings. The van der Waals surface area contributed by atoms with Gasteiger partial charge in [0.05, 0.1) is 0 Å². The smallest absolute Gasteiger partial charge is 0.231 e. The van der Waals surface area contributed by atoms with Crippen LogP contribution >= 0.6 is 0 Å². The Labute approximate surface area is 152 Å². The number of ether oxygens (including phenoxy) is 2. The molecule has 2 amide bonds. The SMILES string of the molecule is CC(=O)N(CCC(=O)Nc1ccc2c(c1)OCO2)CCc1ccccc1. The Bertz CT molecular complexity index is 777. The fourth-order valence-electron chi connectivity index (χ4n) is 2.77. The number of carbonyl (C=O) groups excluding carboxylic acids is 2. The molecular weight excluding hydrogens is 332 g/mol. The average Bonchev–Trinajstić information content (AvgIpc) is 3.10. The number of fused-ring (bicyclic) bond motifs is 1. The Hall–Kier alpha value is -3.02. The van der Waals surface area contributed by atoms with Gasteiger partial charge in [-0.3, -0.25) is 9.59 Å². The molecule has 0 unspecified atom stereocenters. The van der Waals surface area contributed by atoms with E-state index in [0.29, 0.717) is 30.3 Å². The molecule has 0 saturated carbocycles. The van der Waals surface area contributed by atoms with Crippen LogP contribution in [0.3, 0.4) is 0 Å². The van der Waals surface area contributed by atoms with Gasteiger partial charge in [-0.2, -0.15) is 0 Å². The van der Waals surface area contributed by atoms with Crippen LogP contribution in [0, 0.1) is 0 Å². The highest BCUT2D eigenvalue weighted by molar-refractivity contribution is 5.91. The van der Waals surface area contributed by atoms with E-state index in [1.807, 2.05) is 30.3 Å². The normalized spacial score (nSPS) is 11.9. The van der Waals surface area contributed by atoms with Crippen LogP contribution in [0.1, 0.15) is 18.9 Å². The minimum Gasteiger partial charge on any atom is -0.454 e. The first kappa shape index (κ1) is 17.8. The van der Waals surface area contributed by atoms with E-state index in [2.05, 4.69) is 5.32 Å². The molecule has 1 aliphatic heterocycles. The van der Waals surface area contributed by atoms with Crippen LogP contribution in [-0.4, -0.2) is 36.6 Å². The van der Waals surface area contributed by atoms with Crippen molar-refractivity contribution in [2.75, 3.05) is 25.2 Å². The van der Waals surface area contributed by atoms with E-state index < -0.39 is 0 Å². The number of benzene rings is 2. The zero-order valence-corrected chi connectivity index (χ0v) is 14.7. The van der Waals surface area contributed by atoms with Gasteiger partial charge >= 0.3 is 0 Å². The second-order valence-corrected chi connectivity index (χ2v) is 6.11. The van der Waals surface area contributed by atoms with Crippen LogP contribution in [0.25, 0.3) is 0 Å². The van der Waals surface area contributed by atoms with Crippen LogP contribution in [0.5, 0.6) is 11.5 Å². The van der Waals surface area contributed by atoms with Crippen molar-refractivity contribution in [1.82, 2.24) is 4.90 Å². The maximum Gasteiger partial charge on any atom is 0.231 e. The second-order valence-electron chi connectivity index (χ2n) is 6.11. The number of amides is 2. The number of nitrogens with one attached hydrogen (secondary N) is 1. The van der Waals surface area contributed by atoms with E-state index in [4.69, 9.17) is 9.47 Å². The van der Waals surface area contributed by atoms with Crippen LogP contribution in [-0.2, 0) is 16.0 Å². The lowest BCUT2D eigenvalue weighted by Gasteiger charge is -2.21. The average molecular weight is 354 g/mol. The van der Waals surface area contributed by atoms with Gasteiger partial charge < -0.3 is 19.7 Å². The molecule has 0 aliphatic carbocycles. The quantitative estimate of drug-likeness (QED) is 0.830. The topological polar surface area (TPSA) is 67.9 Å². The Morgan fingerprint density at radius 3 is 2.58 bits per heavy atom. The number of rotatable bonds is 7. The zero-order chi connectivity index (χ0) is 18.4. The highest BCUT2D eigenvalue weighted by atomic mass is 16.7. The maximum absolute atomic E-state index is 12.2. The Kier molecular flexibility index (Phi) is 5.73. The molecule has 0 bridgehead atoms. The monoisotopic (exact) mass is 354 g/mol. The van der Waals surface area contributed by atoms with Gasteiger partial charge in [-0.25, -0.2) is 0 Å². The fraction of sp³-hybridized carbons (Fsp3) is 0.300. The van der Waals surface area contributed by atoms with Gasteiger partial charge in [-0.1, -0.05) is 30.3 Å². The van der Waals surface area contributed by atoms with Crippen molar-refractivity contribution in [1.29, 1.82) is 0 Å². The summed E-state index contributed by atoms with van der Waals surface area (Å²) < 4.78 is 10.5. The van der Waals surface area contributed by atoms with Gasteiger partial charge in [0.2, 0.25) is 18.6 Å². The highest BCUT2D eigenvalue weighted by Gasteiger charge is 2.15. The van der Waals surface area contributed by atoms with Gasteiger partial charge in [0.25, 0.3) is 0 Å². The van der Waals surface area contributed by atoms with E-state index in [1.54, 1.807) is 23.1 Å². The lowest BCUT2D eigenvalue weighted by atomic mass is 10.1. The third-order valence-corrected chi connectivity index (χ3v) is 4.22. The first-order chi connectivity index (χ1) is 12.6. The zero-order valence-electron chi connectivity index (χ0n) is 14.7. The van der Waals surface area contributed by atoms with Crippen LogP contribution in [0.2, 0.25) is 0 Å². The molecular formula is C20H22N2O4. The third-order valence-electron chi connectivity index (χ3n) is 4.22. The maximum atomic E-state index is 12.2. The van der Waals surface area contributed by atoms with Crippen molar-refractivity contribution in [2.24, 2.45) is 0 Å². The molecule has 0 saturated heterocycles. The third kappa shape index (κ3) is 4.75. The van der Waals surface area contributed by atoms with Gasteiger partial charge in [0.1, 0.15) is 0 Å². The summed E-state index contributed by atoms with van der Waals surface area (Å²) in [6, 6.07) is 15.3. The van der Waals surface area contributed by atoms with Gasteiger partial charge in [0.15, 0.2) is 11.5 Å². The van der Waals surface area contributed by atoms with Crippen molar-refractivity contribution in [3.8, 4) is 11.5 Å². The first-order valence-corrected chi connectivity index (χ1v) is 8.61. The molecule has 1 N–H and O–H groups in total. The molecule has 3 rings (SSSR count). The number of nitrogens with zero attached hydrogens (tertiary/aromatic N) is 1. The molecule has 136 valence electrons. The molecule has 0 radical (unpaired) electrons. The van der Waals surface area contributed by atoms with Crippen LogP contribution in [0.15, 0.2) is 48.5 Å². The molecule has 1 aliphatic rings. The first-order valence-electron chi connectivity index (χ1n) is 8.61. The molecule has 0 atom stereocenters. The number of anilines is 1. The summed E-state index contributed by atoms with van der Waals surface area (Å²) in [5.41, 5.74) is 1.82. The largest absolute Gasteiger partial charge is 0.454 e. The minimum atomic E-state index is -0.144. The summed E-state index contributed by atoms with van der Waals surface area (Å²) in [5, 5.41) is 2.83. The molecule has 6 heteroatoms. The van der Waals surface area contributed by atoms with E-state index in [9.17, 15) is 9.59 Å². The molecule has 2 aromatic carbocycles. The van der Waals surface area contributed by atoms with Crippen LogP contribution in [0.4, 0.5) is 5.69 Å². The van der Waals surface area contributed by atoms with Gasteiger partial charge in [0, 0.05) is 38.2 Å². The summed E-state index contributed by atoms with van der Waals surface area (Å²) >= 11 is 0. The van der Waals surface area contributed by atoms with Gasteiger partial charge in [-0.15, -0.1) is 0 Å². The fourth-order valence-corrected chi connectivity index (χ4v) is 2.77. The molecule has 6 nitrogen and oxygen atoms in total. The lowest BCUT2D eigenvalue weighted by Crippen LogP contribution is -2.33. The van der Waals surface area contributed by atoms with Crippen molar-refractivity contribution < 1.29 is 19.1 Å². The van der Waals surface area contributed by atoms with Crippen molar-refractivity contribution in [2.45, 2.75) is 19.8 Å². The van der Waals surface area contributed by atoms with Crippen molar-refractivity contribution in [3.05, 3.63) is 54.1 Å². The van der Waals surface area contributed by atoms with E-state index in [1.165, 1.54) is 12.5 Å². The minimum absolute atomic E-state index is 0.0307. The molecule has 0 fully saturated rings. The number of carbonyl (C=O) groups is 2. The summed E-state index contributed by atoms with van der Waals surface area (Å²) in [6.45, 7) is 2.71. The second kappa shape index (κ2) is 8.38. The predicted octanol–water partition coefficient (Wildman–Crippen LogP) is 2.84. The van der Waals surface area contributed by atoms with Crippen molar-refractivity contribution >= 4 is 17.5 Å². The lowest BCUT2D eigenvalue weighted by molar-refractivity contribution is -0.129. The van der Waals surface area contributed by atoms with E-state index >= 15 is 0 Å². The molecule has 0 spiro atoms. The molecule has 1 heterocycles. The predicted molar refractivity (Wildman–Crippen MR) is 98.2 cm³/mol. The number of hydrogen-bond donors (Lipinski definition) is 1. The summed E-state index contributed by atoms with van der Waals surface area (Å²) in [4.78, 5) is 25.7. The standard InChI is InChI=1S/C20H22N2O4/c1-15(23)22(11-9-16-5-3-2-4-6-16)12-10-20(24)21-17-7-8-18-19(13-17)26-14-25-18/h2-8,13H,9-12,14H2,1H3,(H,21,24). The molecule has 0 aromatic heterocycles. The number of hydrogen-bond acceptors (Lipinski definition) is 4. The Morgan fingerprint density at radius 2 is 1.81 bits per heavy atom. The Morgan fingerprint density at radius 1 is 1.04 bits per heavy atom. The summed E-state index contributed by atoms with van der Waals surface area (Å²) in [5.74, 6) is 1.12. The van der Waals surface area contributed by atoms with Crippen LogP contribution < -0.4 is 14.8 Å². The van der Waals surface area contributed by atoms with Gasteiger partial charge in [-0.05, 0) is 24.1 Å². The summed E-state index contributed by atoms with van der Waals surface area (Å²) in [6.07, 6.45) is 1.01. The Balaban J connectivity index is 1.49. The van der Waals surface area contributed by atoms with E-state index in [0.717, 1.165) is 6.42 Å². The molecule has 26 heavy (non-hydrogen) atoms. The van der Waals surface area contributed by atoms with E-state index in [-0.39, 0.29) is 25.0 Å². The highest BCUT2D eigenvalue weighted by Crippen LogP contribution is 2.34.